The Balaban J connectivity index is 2.55. The molecule has 1 aromatic carbocycles. The van der Waals surface area contributed by atoms with Crippen molar-refractivity contribution in [1.82, 2.24) is 4.90 Å². The summed E-state index contributed by atoms with van der Waals surface area (Å²) in [4.78, 5) is 12.7. The molecule has 0 aromatic heterocycles. The fourth-order valence-corrected chi connectivity index (χ4v) is 1.72. The van der Waals surface area contributed by atoms with Crippen molar-refractivity contribution in [3.05, 3.63) is 34.9 Å². The van der Waals surface area contributed by atoms with Crippen LogP contribution >= 0.6 is 11.6 Å². The monoisotopic (exact) mass is 241 g/mol. The molecule has 1 N–H and O–H groups in total. The highest BCUT2D eigenvalue weighted by Crippen LogP contribution is 2.16. The molecule has 4 heteroatoms. The summed E-state index contributed by atoms with van der Waals surface area (Å²) >= 11 is 6.02. The van der Waals surface area contributed by atoms with Gasteiger partial charge in [-0.25, -0.2) is 0 Å². The molecule has 1 unspecified atom stereocenters. The summed E-state index contributed by atoms with van der Waals surface area (Å²) in [5.74, 6) is -1.14. The number of rotatable bonds is 5. The molecule has 0 aliphatic carbocycles. The maximum atomic E-state index is 10.7. The van der Waals surface area contributed by atoms with E-state index in [1.807, 2.05) is 36.2 Å². The van der Waals surface area contributed by atoms with Gasteiger partial charge in [0.15, 0.2) is 0 Å². The van der Waals surface area contributed by atoms with Crippen LogP contribution in [0.5, 0.6) is 0 Å². The fourth-order valence-electron chi connectivity index (χ4n) is 1.53. The first-order valence-corrected chi connectivity index (χ1v) is 5.53. The number of hydrogen-bond acceptors (Lipinski definition) is 2. The van der Waals surface area contributed by atoms with Gasteiger partial charge in [0.05, 0.1) is 5.92 Å². The van der Waals surface area contributed by atoms with Crippen LogP contribution in [0.25, 0.3) is 0 Å². The molecule has 1 aromatic rings. The van der Waals surface area contributed by atoms with Crippen molar-refractivity contribution in [3.8, 4) is 0 Å². The van der Waals surface area contributed by atoms with E-state index in [1.54, 1.807) is 6.92 Å². The molecule has 0 aliphatic heterocycles. The largest absolute Gasteiger partial charge is 0.481 e. The van der Waals surface area contributed by atoms with Crippen molar-refractivity contribution in [2.45, 2.75) is 13.5 Å². The third-order valence-corrected chi connectivity index (χ3v) is 2.77. The summed E-state index contributed by atoms with van der Waals surface area (Å²) in [7, 11) is 1.89. The van der Waals surface area contributed by atoms with Gasteiger partial charge in [0, 0.05) is 18.1 Å². The number of nitrogens with zero attached hydrogens (tertiary/aromatic N) is 1. The third-order valence-electron chi connectivity index (χ3n) is 2.41. The van der Waals surface area contributed by atoms with Gasteiger partial charge in [0.1, 0.15) is 0 Å². The topological polar surface area (TPSA) is 40.5 Å². The fraction of sp³-hybridized carbons (Fsp3) is 0.417. The minimum absolute atomic E-state index is 0.368. The van der Waals surface area contributed by atoms with Gasteiger partial charge in [-0.3, -0.25) is 4.79 Å². The number of carboxylic acids is 1. The average Bonchev–Trinajstić information content (AvgIpc) is 2.21. The first kappa shape index (κ1) is 13.0. The molecule has 1 atom stereocenters. The Kier molecular flexibility index (Phi) is 4.77. The first-order chi connectivity index (χ1) is 7.50. The summed E-state index contributed by atoms with van der Waals surface area (Å²) < 4.78 is 0. The van der Waals surface area contributed by atoms with Crippen molar-refractivity contribution in [1.29, 1.82) is 0 Å². The van der Waals surface area contributed by atoms with Crippen LogP contribution in [0.2, 0.25) is 5.02 Å². The molecule has 0 aliphatic rings. The molecule has 0 amide bonds. The third kappa shape index (κ3) is 3.83. The molecule has 1 rings (SSSR count). The Bertz CT molecular complexity index is 368. The lowest BCUT2D eigenvalue weighted by Crippen LogP contribution is -2.28. The lowest BCUT2D eigenvalue weighted by atomic mass is 10.1. The minimum Gasteiger partial charge on any atom is -0.481 e. The van der Waals surface area contributed by atoms with Crippen molar-refractivity contribution < 1.29 is 9.90 Å². The molecule has 0 radical (unpaired) electrons. The molecule has 0 bridgehead atoms. The van der Waals surface area contributed by atoms with E-state index in [2.05, 4.69) is 0 Å². The van der Waals surface area contributed by atoms with Gasteiger partial charge in [0.25, 0.3) is 0 Å². The minimum atomic E-state index is -0.772. The quantitative estimate of drug-likeness (QED) is 0.861. The highest BCUT2D eigenvalue weighted by Gasteiger charge is 2.14. The van der Waals surface area contributed by atoms with E-state index in [0.29, 0.717) is 13.1 Å². The first-order valence-electron chi connectivity index (χ1n) is 5.15. The molecule has 0 heterocycles. The molecule has 16 heavy (non-hydrogen) atoms. The predicted molar refractivity (Wildman–Crippen MR) is 64.6 cm³/mol. The maximum absolute atomic E-state index is 10.7. The lowest BCUT2D eigenvalue weighted by molar-refractivity contribution is -0.141. The number of carboxylic acid groups (broad SMARTS) is 1. The summed E-state index contributed by atoms with van der Waals surface area (Å²) in [5, 5.41) is 9.52. The zero-order valence-corrected chi connectivity index (χ0v) is 10.2. The Morgan fingerprint density at radius 2 is 2.12 bits per heavy atom. The normalized spacial score (nSPS) is 12.8. The van der Waals surface area contributed by atoms with E-state index >= 15 is 0 Å². The van der Waals surface area contributed by atoms with Crippen LogP contribution in [0.4, 0.5) is 0 Å². The van der Waals surface area contributed by atoms with E-state index in [-0.39, 0.29) is 5.92 Å². The van der Waals surface area contributed by atoms with Gasteiger partial charge in [-0.05, 0) is 18.7 Å². The van der Waals surface area contributed by atoms with Gasteiger partial charge in [-0.2, -0.15) is 0 Å². The number of halogens is 1. The van der Waals surface area contributed by atoms with Crippen LogP contribution in [0.3, 0.4) is 0 Å². The summed E-state index contributed by atoms with van der Waals surface area (Å²) in [6.07, 6.45) is 0. The van der Waals surface area contributed by atoms with Gasteiger partial charge < -0.3 is 10.0 Å². The standard InChI is InChI=1S/C12H16ClNO2/c1-9(12(15)16)7-14(2)8-10-5-3-4-6-11(10)13/h3-6,9H,7-8H2,1-2H3,(H,15,16). The second kappa shape index (κ2) is 5.87. The van der Waals surface area contributed by atoms with E-state index < -0.39 is 5.97 Å². The highest BCUT2D eigenvalue weighted by molar-refractivity contribution is 6.31. The van der Waals surface area contributed by atoms with Crippen LogP contribution < -0.4 is 0 Å². The van der Waals surface area contributed by atoms with Gasteiger partial charge in [-0.15, -0.1) is 0 Å². The van der Waals surface area contributed by atoms with E-state index in [4.69, 9.17) is 16.7 Å². The molecule has 88 valence electrons. The van der Waals surface area contributed by atoms with Crippen LogP contribution in [-0.2, 0) is 11.3 Å². The zero-order valence-electron chi connectivity index (χ0n) is 9.48. The number of aliphatic carboxylic acids is 1. The second-order valence-electron chi connectivity index (χ2n) is 4.03. The van der Waals surface area contributed by atoms with Crippen molar-refractivity contribution in [3.63, 3.8) is 0 Å². The summed E-state index contributed by atoms with van der Waals surface area (Å²) in [5.41, 5.74) is 1.02. The van der Waals surface area contributed by atoms with Crippen LogP contribution in [0, 0.1) is 5.92 Å². The van der Waals surface area contributed by atoms with Crippen LogP contribution in [-0.4, -0.2) is 29.6 Å². The molecule has 3 nitrogen and oxygen atoms in total. The average molecular weight is 242 g/mol. The van der Waals surface area contributed by atoms with E-state index in [9.17, 15) is 4.79 Å². The second-order valence-corrected chi connectivity index (χ2v) is 4.43. The van der Waals surface area contributed by atoms with Crippen molar-refractivity contribution in [2.75, 3.05) is 13.6 Å². The van der Waals surface area contributed by atoms with E-state index in [0.717, 1.165) is 10.6 Å². The number of carbonyl (C=O) groups is 1. The van der Waals surface area contributed by atoms with Gasteiger partial charge in [-0.1, -0.05) is 36.7 Å². The SMILES string of the molecule is CC(CN(C)Cc1ccccc1Cl)C(=O)O. The lowest BCUT2D eigenvalue weighted by Gasteiger charge is -2.19. The summed E-state index contributed by atoms with van der Waals surface area (Å²) in [6, 6.07) is 7.59. The Morgan fingerprint density at radius 1 is 1.50 bits per heavy atom. The number of hydrogen-bond donors (Lipinski definition) is 1. The molecule has 0 saturated carbocycles. The molecular formula is C12H16ClNO2. The zero-order chi connectivity index (χ0) is 12.1. The molecule has 0 fully saturated rings. The van der Waals surface area contributed by atoms with Crippen molar-refractivity contribution >= 4 is 17.6 Å². The smallest absolute Gasteiger partial charge is 0.307 e. The molecule has 0 spiro atoms. The number of benzene rings is 1. The maximum Gasteiger partial charge on any atom is 0.307 e. The molecule has 0 saturated heterocycles. The summed E-state index contributed by atoms with van der Waals surface area (Å²) in [6.45, 7) is 2.88. The van der Waals surface area contributed by atoms with Gasteiger partial charge in [0.2, 0.25) is 0 Å². The highest BCUT2D eigenvalue weighted by atomic mass is 35.5. The predicted octanol–water partition coefficient (Wildman–Crippen LogP) is 2.49. The van der Waals surface area contributed by atoms with Gasteiger partial charge >= 0.3 is 5.97 Å². The Labute approximate surface area is 101 Å². The molecular weight excluding hydrogens is 226 g/mol. The van der Waals surface area contributed by atoms with Crippen molar-refractivity contribution in [2.24, 2.45) is 5.92 Å². The Hall–Kier alpha value is -1.06. The van der Waals surface area contributed by atoms with Crippen LogP contribution in [0.15, 0.2) is 24.3 Å². The Morgan fingerprint density at radius 3 is 2.69 bits per heavy atom. The van der Waals surface area contributed by atoms with E-state index in [1.165, 1.54) is 0 Å². The van der Waals surface area contributed by atoms with Crippen LogP contribution in [0.1, 0.15) is 12.5 Å².